The molecule has 0 saturated heterocycles. The first kappa shape index (κ1) is 18.0. The van der Waals surface area contributed by atoms with Crippen molar-refractivity contribution < 1.29 is 17.9 Å². The molecule has 0 spiro atoms. The summed E-state index contributed by atoms with van der Waals surface area (Å²) in [6, 6.07) is 14.1. The third-order valence-electron chi connectivity index (χ3n) is 3.78. The summed E-state index contributed by atoms with van der Waals surface area (Å²) in [5, 5.41) is 0. The second-order valence-electron chi connectivity index (χ2n) is 5.76. The number of anilines is 1. The molecule has 0 amide bonds. The van der Waals surface area contributed by atoms with E-state index in [2.05, 4.69) is 4.72 Å². The summed E-state index contributed by atoms with van der Waals surface area (Å²) in [7, 11) is -3.72. The van der Waals surface area contributed by atoms with Crippen molar-refractivity contribution in [1.82, 2.24) is 0 Å². The average molecular weight is 400 g/mol. The molecule has 0 heterocycles. The Hall–Kier alpha value is -1.76. The van der Waals surface area contributed by atoms with E-state index in [1.807, 2.05) is 0 Å². The Kier molecular flexibility index (Phi) is 4.95. The predicted molar refractivity (Wildman–Crippen MR) is 96.5 cm³/mol. The van der Waals surface area contributed by atoms with E-state index >= 15 is 0 Å². The molecule has 0 aromatic heterocycles. The number of carbonyl (C=O) groups excluding carboxylic acids is 1. The molecule has 1 atom stereocenters. The molecule has 25 heavy (non-hydrogen) atoms. The lowest BCUT2D eigenvalue weighted by atomic mass is 10.2. The van der Waals surface area contributed by atoms with Crippen LogP contribution in [0, 0.1) is 5.92 Å². The van der Waals surface area contributed by atoms with Gasteiger partial charge in [-0.2, -0.15) is 0 Å². The molecular weight excluding hydrogens is 385 g/mol. The highest BCUT2D eigenvalue weighted by Gasteiger charge is 2.52. The van der Waals surface area contributed by atoms with Crippen LogP contribution in [0.15, 0.2) is 59.5 Å². The van der Waals surface area contributed by atoms with Gasteiger partial charge >= 0.3 is 5.97 Å². The third kappa shape index (κ3) is 4.45. The van der Waals surface area contributed by atoms with Gasteiger partial charge in [-0.3, -0.25) is 4.72 Å². The Morgan fingerprint density at radius 2 is 1.84 bits per heavy atom. The molecule has 5 nitrogen and oxygen atoms in total. The lowest BCUT2D eigenvalue weighted by Crippen LogP contribution is -2.14. The molecule has 1 aliphatic rings. The summed E-state index contributed by atoms with van der Waals surface area (Å²) in [6.07, 6.45) is 0.584. The number of carbonyl (C=O) groups is 1. The van der Waals surface area contributed by atoms with Gasteiger partial charge in [0.05, 0.1) is 17.1 Å². The van der Waals surface area contributed by atoms with Gasteiger partial charge in [-0.05, 0) is 36.8 Å². The van der Waals surface area contributed by atoms with Gasteiger partial charge in [0.1, 0.15) is 4.33 Å². The molecule has 0 bridgehead atoms. The normalized spacial score (nSPS) is 18.4. The van der Waals surface area contributed by atoms with E-state index in [1.54, 1.807) is 36.4 Å². The molecule has 1 saturated carbocycles. The maximum atomic E-state index is 12.3. The number of halogens is 2. The number of nitrogens with one attached hydrogen (secondary N) is 1. The first-order valence-corrected chi connectivity index (χ1v) is 9.75. The van der Waals surface area contributed by atoms with Gasteiger partial charge in [-0.1, -0.05) is 24.3 Å². The Morgan fingerprint density at radius 1 is 1.16 bits per heavy atom. The van der Waals surface area contributed by atoms with Crippen LogP contribution in [0.25, 0.3) is 0 Å². The molecule has 1 aliphatic carbocycles. The first-order valence-electron chi connectivity index (χ1n) is 7.51. The van der Waals surface area contributed by atoms with Crippen molar-refractivity contribution in [3.63, 3.8) is 0 Å². The van der Waals surface area contributed by atoms with Crippen LogP contribution < -0.4 is 4.72 Å². The van der Waals surface area contributed by atoms with Crippen LogP contribution in [-0.2, 0) is 14.8 Å². The zero-order chi connectivity index (χ0) is 18.1. The van der Waals surface area contributed by atoms with Gasteiger partial charge in [0, 0.05) is 11.6 Å². The fraction of sp³-hybridized carbons (Fsp3) is 0.235. The van der Waals surface area contributed by atoms with Crippen molar-refractivity contribution in [2.24, 2.45) is 5.92 Å². The smallest absolute Gasteiger partial charge is 0.338 e. The lowest BCUT2D eigenvalue weighted by Gasteiger charge is -2.10. The van der Waals surface area contributed by atoms with Crippen molar-refractivity contribution in [2.75, 3.05) is 11.3 Å². The van der Waals surface area contributed by atoms with Crippen LogP contribution >= 0.6 is 23.2 Å². The quantitative estimate of drug-likeness (QED) is 0.591. The van der Waals surface area contributed by atoms with Gasteiger partial charge in [0.25, 0.3) is 10.0 Å². The zero-order valence-electron chi connectivity index (χ0n) is 13.0. The van der Waals surface area contributed by atoms with E-state index in [4.69, 9.17) is 27.9 Å². The number of hydrogen-bond acceptors (Lipinski definition) is 4. The van der Waals surface area contributed by atoms with Crippen LogP contribution in [0.2, 0.25) is 0 Å². The van der Waals surface area contributed by atoms with Crippen LogP contribution in [0.5, 0.6) is 0 Å². The second kappa shape index (κ2) is 6.86. The number of hydrogen-bond donors (Lipinski definition) is 1. The van der Waals surface area contributed by atoms with E-state index in [1.165, 1.54) is 18.2 Å². The Labute approximate surface area is 155 Å². The Bertz CT molecular complexity index is 885. The van der Waals surface area contributed by atoms with Crippen LogP contribution in [0.4, 0.5) is 5.69 Å². The number of alkyl halides is 2. The fourth-order valence-electron chi connectivity index (χ4n) is 2.23. The van der Waals surface area contributed by atoms with Crippen molar-refractivity contribution in [3.05, 3.63) is 60.2 Å². The van der Waals surface area contributed by atoms with Crippen molar-refractivity contribution in [3.8, 4) is 0 Å². The summed E-state index contributed by atoms with van der Waals surface area (Å²) < 4.78 is 31.4. The van der Waals surface area contributed by atoms with E-state index in [-0.39, 0.29) is 28.7 Å². The average Bonchev–Trinajstić information content (AvgIpc) is 3.20. The first-order chi connectivity index (χ1) is 11.8. The second-order valence-corrected chi connectivity index (χ2v) is 8.98. The molecule has 132 valence electrons. The number of ether oxygens (including phenoxy) is 1. The van der Waals surface area contributed by atoms with E-state index in [0.717, 1.165) is 0 Å². The SMILES string of the molecule is O=C(OCC1CC1(Cl)Cl)c1cccc(NS(=O)(=O)c2ccccc2)c1. The van der Waals surface area contributed by atoms with Crippen molar-refractivity contribution >= 4 is 44.9 Å². The summed E-state index contributed by atoms with van der Waals surface area (Å²) in [5.74, 6) is -0.628. The highest BCUT2D eigenvalue weighted by molar-refractivity contribution is 7.92. The molecule has 1 N–H and O–H groups in total. The minimum atomic E-state index is -3.72. The Balaban J connectivity index is 1.68. The van der Waals surface area contributed by atoms with Crippen LogP contribution in [0.1, 0.15) is 16.8 Å². The number of esters is 1. The van der Waals surface area contributed by atoms with E-state index in [9.17, 15) is 13.2 Å². The molecule has 1 fully saturated rings. The largest absolute Gasteiger partial charge is 0.462 e. The molecule has 2 aromatic rings. The van der Waals surface area contributed by atoms with Crippen molar-refractivity contribution in [1.29, 1.82) is 0 Å². The van der Waals surface area contributed by atoms with E-state index < -0.39 is 20.3 Å². The van der Waals surface area contributed by atoms with Crippen molar-refractivity contribution in [2.45, 2.75) is 15.6 Å². The van der Waals surface area contributed by atoms with Gasteiger partial charge in [0.2, 0.25) is 0 Å². The van der Waals surface area contributed by atoms with Crippen LogP contribution in [0.3, 0.4) is 0 Å². The molecule has 2 aromatic carbocycles. The number of benzene rings is 2. The summed E-state index contributed by atoms with van der Waals surface area (Å²) >= 11 is 11.8. The molecule has 0 radical (unpaired) electrons. The number of sulfonamides is 1. The maximum Gasteiger partial charge on any atom is 0.338 e. The minimum Gasteiger partial charge on any atom is -0.462 e. The molecule has 8 heteroatoms. The summed E-state index contributed by atoms with van der Waals surface area (Å²) in [5.41, 5.74) is 0.511. The van der Waals surface area contributed by atoms with Gasteiger partial charge in [-0.25, -0.2) is 13.2 Å². The maximum absolute atomic E-state index is 12.3. The van der Waals surface area contributed by atoms with Gasteiger partial charge in [-0.15, -0.1) is 23.2 Å². The van der Waals surface area contributed by atoms with E-state index in [0.29, 0.717) is 6.42 Å². The van der Waals surface area contributed by atoms with Crippen LogP contribution in [-0.4, -0.2) is 25.3 Å². The highest BCUT2D eigenvalue weighted by atomic mass is 35.5. The third-order valence-corrected chi connectivity index (χ3v) is 6.10. The lowest BCUT2D eigenvalue weighted by molar-refractivity contribution is 0.0485. The molecule has 1 unspecified atom stereocenters. The topological polar surface area (TPSA) is 72.5 Å². The number of rotatable bonds is 6. The highest BCUT2D eigenvalue weighted by Crippen LogP contribution is 2.53. The summed E-state index contributed by atoms with van der Waals surface area (Å²) in [4.78, 5) is 12.2. The van der Waals surface area contributed by atoms with Gasteiger partial charge < -0.3 is 4.74 Å². The molecule has 3 rings (SSSR count). The fourth-order valence-corrected chi connectivity index (χ4v) is 3.80. The molecule has 0 aliphatic heterocycles. The zero-order valence-corrected chi connectivity index (χ0v) is 15.3. The molecular formula is C17H15Cl2NO4S. The monoisotopic (exact) mass is 399 g/mol. The standard InChI is InChI=1S/C17H15Cl2NO4S/c18-17(19)10-13(17)11-24-16(21)12-5-4-6-14(9-12)20-25(22,23)15-7-2-1-3-8-15/h1-9,13,20H,10-11H2. The predicted octanol–water partition coefficient (Wildman–Crippen LogP) is 3.84. The minimum absolute atomic E-state index is 0.0699. The van der Waals surface area contributed by atoms with Gasteiger partial charge in [0.15, 0.2) is 0 Å². The summed E-state index contributed by atoms with van der Waals surface area (Å²) in [6.45, 7) is 0.131. The Morgan fingerprint density at radius 3 is 2.48 bits per heavy atom.